The van der Waals surface area contributed by atoms with Gasteiger partial charge in [-0.25, -0.2) is 4.57 Å². The average Bonchev–Trinajstić information content (AvgIpc) is 2.32. The second kappa shape index (κ2) is 7.88. The molecule has 9 heteroatoms. The Labute approximate surface area is 110 Å². The number of carboxylic acids is 1. The van der Waals surface area contributed by atoms with E-state index in [1.807, 2.05) is 0 Å². The number of benzene rings is 1. The first-order valence-electron chi connectivity index (χ1n) is 5.18. The summed E-state index contributed by atoms with van der Waals surface area (Å²) in [6, 6.07) is 5.93. The van der Waals surface area contributed by atoms with Crippen molar-refractivity contribution in [3.8, 4) is 5.75 Å². The van der Waals surface area contributed by atoms with Crippen LogP contribution in [0.5, 0.6) is 5.75 Å². The Kier molecular flexibility index (Phi) is 7.28. The molecule has 8 nitrogen and oxygen atoms in total. The number of phosphoric acid groups is 1. The molecule has 0 saturated heterocycles. The van der Waals surface area contributed by atoms with E-state index < -0.39 is 19.7 Å². The summed E-state index contributed by atoms with van der Waals surface area (Å²) in [4.78, 5) is 27.8. The van der Waals surface area contributed by atoms with Gasteiger partial charge in [-0.05, 0) is 24.1 Å². The highest BCUT2D eigenvalue weighted by Crippen LogP contribution is 2.37. The van der Waals surface area contributed by atoms with Crippen molar-refractivity contribution >= 4 is 13.8 Å². The number of hydrogen-bond acceptors (Lipinski definition) is 5. The largest absolute Gasteiger partial charge is 0.524 e. The van der Waals surface area contributed by atoms with E-state index in [2.05, 4.69) is 16.2 Å². The fourth-order valence-corrected chi connectivity index (χ4v) is 1.66. The lowest BCUT2D eigenvalue weighted by molar-refractivity contribution is -0.141. The van der Waals surface area contributed by atoms with Gasteiger partial charge in [-0.2, -0.15) is 0 Å². The molecule has 19 heavy (non-hydrogen) atoms. The summed E-state index contributed by atoms with van der Waals surface area (Å²) in [6.45, 7) is 1.59. The topological polar surface area (TPSA) is 156 Å². The molecule has 1 unspecified atom stereocenters. The van der Waals surface area contributed by atoms with Crippen molar-refractivity contribution in [3.63, 3.8) is 0 Å². The molecule has 0 saturated carbocycles. The molecule has 0 aliphatic heterocycles. The molecular weight excluding hydrogens is 275 g/mol. The summed E-state index contributed by atoms with van der Waals surface area (Å²) < 4.78 is 14.9. The van der Waals surface area contributed by atoms with Crippen LogP contribution in [0.3, 0.4) is 0 Å². The second-order valence-electron chi connectivity index (χ2n) is 3.67. The molecule has 0 radical (unpaired) electrons. The quantitative estimate of drug-likeness (QED) is 0.293. The molecule has 0 fully saturated rings. The summed E-state index contributed by atoms with van der Waals surface area (Å²) in [7, 11) is -4.54. The standard InChI is InChI=1S/C10H13O6P.H4N2/c1-7(10(11)12)6-8-2-4-9(5-3-8)16-17(13,14)15;1-2/h2-5,7H,6H2,1H3,(H,11,12)(H2,13,14,15);1-2H2. The Balaban J connectivity index is 0.00000154. The van der Waals surface area contributed by atoms with E-state index in [9.17, 15) is 9.36 Å². The monoisotopic (exact) mass is 292 g/mol. The van der Waals surface area contributed by atoms with E-state index in [1.165, 1.54) is 12.1 Å². The zero-order chi connectivity index (χ0) is 15.1. The molecular formula is C10H17N2O6P. The molecule has 7 N–H and O–H groups in total. The van der Waals surface area contributed by atoms with Crippen molar-refractivity contribution in [2.45, 2.75) is 13.3 Å². The normalized spacial score (nSPS) is 12.1. The van der Waals surface area contributed by atoms with Gasteiger partial charge in [0.25, 0.3) is 0 Å². The lowest BCUT2D eigenvalue weighted by Crippen LogP contribution is -2.12. The van der Waals surface area contributed by atoms with Crippen LogP contribution in [0.15, 0.2) is 24.3 Å². The number of hydrogen-bond donors (Lipinski definition) is 5. The number of nitrogens with two attached hydrogens (primary N) is 2. The van der Waals surface area contributed by atoms with E-state index in [0.29, 0.717) is 6.42 Å². The Morgan fingerprint density at radius 1 is 1.32 bits per heavy atom. The van der Waals surface area contributed by atoms with Gasteiger partial charge in [0.1, 0.15) is 5.75 Å². The number of rotatable bonds is 5. The van der Waals surface area contributed by atoms with E-state index in [1.54, 1.807) is 19.1 Å². The van der Waals surface area contributed by atoms with Crippen LogP contribution in [-0.2, 0) is 15.8 Å². The highest BCUT2D eigenvalue weighted by atomic mass is 31.2. The van der Waals surface area contributed by atoms with Crippen molar-refractivity contribution in [2.24, 2.45) is 17.6 Å². The van der Waals surface area contributed by atoms with E-state index in [0.717, 1.165) is 5.56 Å². The van der Waals surface area contributed by atoms with Gasteiger partial charge in [0.2, 0.25) is 0 Å². The van der Waals surface area contributed by atoms with Crippen molar-refractivity contribution in [2.75, 3.05) is 0 Å². The zero-order valence-electron chi connectivity index (χ0n) is 10.3. The third-order valence-electron chi connectivity index (χ3n) is 2.11. The number of carbonyl (C=O) groups is 1. The van der Waals surface area contributed by atoms with Gasteiger partial charge in [-0.15, -0.1) is 0 Å². The Bertz CT molecular complexity index is 444. The van der Waals surface area contributed by atoms with E-state index >= 15 is 0 Å². The fraction of sp³-hybridized carbons (Fsp3) is 0.300. The third kappa shape index (κ3) is 7.55. The summed E-state index contributed by atoms with van der Waals surface area (Å²) >= 11 is 0. The minimum absolute atomic E-state index is 0.0464. The summed E-state index contributed by atoms with van der Waals surface area (Å²) in [5.74, 6) is 6.65. The van der Waals surface area contributed by atoms with Crippen LogP contribution >= 0.6 is 7.82 Å². The lowest BCUT2D eigenvalue weighted by atomic mass is 10.0. The highest BCUT2D eigenvalue weighted by molar-refractivity contribution is 7.46. The predicted octanol–water partition coefficient (Wildman–Crippen LogP) is 0.240. The summed E-state index contributed by atoms with van der Waals surface area (Å²) in [5, 5.41) is 8.72. The Morgan fingerprint density at radius 3 is 2.16 bits per heavy atom. The van der Waals surface area contributed by atoms with Gasteiger partial charge >= 0.3 is 13.8 Å². The molecule has 1 aromatic rings. The molecule has 0 amide bonds. The van der Waals surface area contributed by atoms with Gasteiger partial charge in [0, 0.05) is 0 Å². The molecule has 108 valence electrons. The van der Waals surface area contributed by atoms with Crippen LogP contribution in [0.25, 0.3) is 0 Å². The second-order valence-corrected chi connectivity index (χ2v) is 4.83. The fourth-order valence-electron chi connectivity index (χ4n) is 1.26. The summed E-state index contributed by atoms with van der Waals surface area (Å²) in [5.41, 5.74) is 0.762. The molecule has 0 aromatic heterocycles. The predicted molar refractivity (Wildman–Crippen MR) is 68.0 cm³/mol. The van der Waals surface area contributed by atoms with Crippen LogP contribution in [0.1, 0.15) is 12.5 Å². The van der Waals surface area contributed by atoms with Crippen LogP contribution in [0, 0.1) is 5.92 Å². The van der Waals surface area contributed by atoms with Gasteiger partial charge in [0.05, 0.1) is 5.92 Å². The highest BCUT2D eigenvalue weighted by Gasteiger charge is 2.16. The maximum Gasteiger partial charge on any atom is 0.524 e. The first-order chi connectivity index (χ1) is 8.78. The first-order valence-corrected chi connectivity index (χ1v) is 6.71. The van der Waals surface area contributed by atoms with Gasteiger partial charge in [-0.3, -0.25) is 26.3 Å². The van der Waals surface area contributed by atoms with Crippen molar-refractivity contribution in [3.05, 3.63) is 29.8 Å². The maximum absolute atomic E-state index is 10.6. The lowest BCUT2D eigenvalue weighted by Gasteiger charge is -2.09. The van der Waals surface area contributed by atoms with Crippen molar-refractivity contribution in [1.29, 1.82) is 0 Å². The van der Waals surface area contributed by atoms with Crippen LogP contribution in [0.4, 0.5) is 0 Å². The number of carboxylic acid groups (broad SMARTS) is 1. The third-order valence-corrected chi connectivity index (χ3v) is 2.56. The molecule has 0 aliphatic rings. The molecule has 1 atom stereocenters. The molecule has 0 heterocycles. The molecule has 0 aliphatic carbocycles. The number of aliphatic carboxylic acids is 1. The zero-order valence-corrected chi connectivity index (χ0v) is 11.2. The van der Waals surface area contributed by atoms with Crippen LogP contribution in [0.2, 0.25) is 0 Å². The average molecular weight is 292 g/mol. The number of hydrazine groups is 1. The van der Waals surface area contributed by atoms with Gasteiger partial charge in [-0.1, -0.05) is 19.1 Å². The van der Waals surface area contributed by atoms with E-state index in [-0.39, 0.29) is 5.75 Å². The van der Waals surface area contributed by atoms with Gasteiger partial charge < -0.3 is 9.63 Å². The minimum Gasteiger partial charge on any atom is -0.481 e. The SMILES string of the molecule is CC(Cc1ccc(OP(=O)(O)O)cc1)C(=O)O.NN. The summed E-state index contributed by atoms with van der Waals surface area (Å²) in [6.07, 6.45) is 0.353. The minimum atomic E-state index is -4.54. The number of phosphoric ester groups is 1. The van der Waals surface area contributed by atoms with Crippen molar-refractivity contribution in [1.82, 2.24) is 0 Å². The van der Waals surface area contributed by atoms with Crippen LogP contribution in [-0.4, -0.2) is 20.9 Å². The maximum atomic E-state index is 10.6. The van der Waals surface area contributed by atoms with Crippen molar-refractivity contribution < 1.29 is 28.8 Å². The Hall–Kier alpha value is -1.44. The first kappa shape index (κ1) is 17.6. The van der Waals surface area contributed by atoms with E-state index in [4.69, 9.17) is 14.9 Å². The van der Waals surface area contributed by atoms with Gasteiger partial charge in [0.15, 0.2) is 0 Å². The molecule has 0 spiro atoms. The smallest absolute Gasteiger partial charge is 0.481 e. The molecule has 1 aromatic carbocycles. The van der Waals surface area contributed by atoms with Crippen LogP contribution < -0.4 is 16.2 Å². The Morgan fingerprint density at radius 2 is 1.79 bits per heavy atom. The molecule has 0 bridgehead atoms. The molecule has 1 rings (SSSR count).